The Labute approximate surface area is 118 Å². The van der Waals surface area contributed by atoms with Crippen molar-refractivity contribution < 1.29 is 4.39 Å². The first-order valence-electron chi connectivity index (χ1n) is 6.63. The second-order valence-electron chi connectivity index (χ2n) is 4.73. The Morgan fingerprint density at radius 3 is 2.65 bits per heavy atom. The van der Waals surface area contributed by atoms with Gasteiger partial charge in [0.2, 0.25) is 0 Å². The number of aromatic nitrogens is 2. The van der Waals surface area contributed by atoms with Crippen LogP contribution in [0.15, 0.2) is 30.3 Å². The van der Waals surface area contributed by atoms with Gasteiger partial charge < -0.3 is 10.6 Å². The molecule has 106 valence electrons. The Bertz CT molecular complexity index is 600. The van der Waals surface area contributed by atoms with Crippen LogP contribution < -0.4 is 10.6 Å². The van der Waals surface area contributed by atoms with Gasteiger partial charge in [0.25, 0.3) is 0 Å². The van der Waals surface area contributed by atoms with E-state index >= 15 is 0 Å². The smallest absolute Gasteiger partial charge is 0.134 e. The lowest BCUT2D eigenvalue weighted by Crippen LogP contribution is -2.24. The summed E-state index contributed by atoms with van der Waals surface area (Å²) in [6, 6.07) is 8.32. The van der Waals surface area contributed by atoms with Crippen molar-refractivity contribution in [1.82, 2.24) is 9.97 Å². The molecule has 1 aromatic heterocycles. The van der Waals surface area contributed by atoms with Gasteiger partial charge in [-0.3, -0.25) is 0 Å². The van der Waals surface area contributed by atoms with Crippen molar-refractivity contribution >= 4 is 11.6 Å². The maximum Gasteiger partial charge on any atom is 0.134 e. The molecule has 0 aliphatic rings. The number of anilines is 2. The normalized spacial score (nSPS) is 12.2. The molecular weight excluding hydrogens is 255 g/mol. The molecule has 0 spiro atoms. The van der Waals surface area contributed by atoms with E-state index in [0.29, 0.717) is 29.4 Å². The number of benzene rings is 1. The van der Waals surface area contributed by atoms with Gasteiger partial charge in [-0.15, -0.1) is 0 Å². The Balaban J connectivity index is 2.33. The molecule has 0 fully saturated rings. The quantitative estimate of drug-likeness (QED) is 0.931. The van der Waals surface area contributed by atoms with Gasteiger partial charge in [-0.25, -0.2) is 14.4 Å². The van der Waals surface area contributed by atoms with Gasteiger partial charge in [0.05, 0.1) is 6.04 Å². The van der Waals surface area contributed by atoms with Gasteiger partial charge in [-0.05, 0) is 13.0 Å². The lowest BCUT2D eigenvalue weighted by atomic mass is 10.1. The van der Waals surface area contributed by atoms with E-state index in [-0.39, 0.29) is 11.9 Å². The van der Waals surface area contributed by atoms with Crippen molar-refractivity contribution in [2.24, 2.45) is 0 Å². The molecule has 1 atom stereocenters. The van der Waals surface area contributed by atoms with Crippen LogP contribution >= 0.6 is 0 Å². The minimum Gasteiger partial charge on any atom is -0.384 e. The molecule has 0 amide bonds. The van der Waals surface area contributed by atoms with Crippen LogP contribution in [0.5, 0.6) is 0 Å². The molecule has 20 heavy (non-hydrogen) atoms. The predicted molar refractivity (Wildman–Crippen MR) is 79.0 cm³/mol. The minimum absolute atomic E-state index is 0.143. The van der Waals surface area contributed by atoms with Crippen LogP contribution in [0.3, 0.4) is 0 Å². The van der Waals surface area contributed by atoms with Gasteiger partial charge in [0.1, 0.15) is 23.3 Å². The maximum absolute atomic E-state index is 13.9. The minimum atomic E-state index is -0.218. The van der Waals surface area contributed by atoms with E-state index in [0.717, 1.165) is 0 Å². The van der Waals surface area contributed by atoms with Gasteiger partial charge in [0, 0.05) is 25.1 Å². The Kier molecular flexibility index (Phi) is 4.17. The molecule has 1 heterocycles. The van der Waals surface area contributed by atoms with Gasteiger partial charge in [-0.1, -0.05) is 25.1 Å². The summed E-state index contributed by atoms with van der Waals surface area (Å²) in [6.45, 7) is 3.90. The lowest BCUT2D eigenvalue weighted by molar-refractivity contribution is 0.584. The van der Waals surface area contributed by atoms with Crippen molar-refractivity contribution in [2.45, 2.75) is 26.3 Å². The molecule has 0 aliphatic heterocycles. The summed E-state index contributed by atoms with van der Waals surface area (Å²) >= 11 is 0. The van der Waals surface area contributed by atoms with Crippen LogP contribution in [-0.4, -0.2) is 17.0 Å². The first-order valence-corrected chi connectivity index (χ1v) is 6.63. The molecule has 2 N–H and O–H groups in total. The number of rotatable bonds is 4. The highest BCUT2D eigenvalue weighted by molar-refractivity contribution is 5.48. The third kappa shape index (κ3) is 2.87. The van der Waals surface area contributed by atoms with E-state index in [4.69, 9.17) is 5.73 Å². The number of aryl methyl sites for hydroxylation is 1. The van der Waals surface area contributed by atoms with Gasteiger partial charge >= 0.3 is 0 Å². The summed E-state index contributed by atoms with van der Waals surface area (Å²) < 4.78 is 13.9. The van der Waals surface area contributed by atoms with Gasteiger partial charge in [0.15, 0.2) is 0 Å². The van der Waals surface area contributed by atoms with Crippen molar-refractivity contribution in [2.75, 3.05) is 17.7 Å². The van der Waals surface area contributed by atoms with Gasteiger partial charge in [-0.2, -0.15) is 0 Å². The predicted octanol–water partition coefficient (Wildman–Crippen LogP) is 2.96. The third-order valence-corrected chi connectivity index (χ3v) is 3.39. The number of nitrogens with two attached hydrogens (primary N) is 1. The molecule has 0 radical (unpaired) electrons. The molecule has 0 bridgehead atoms. The molecule has 0 aliphatic carbocycles. The number of nitrogens with zero attached hydrogens (tertiary/aromatic N) is 3. The Morgan fingerprint density at radius 1 is 1.30 bits per heavy atom. The summed E-state index contributed by atoms with van der Waals surface area (Å²) in [4.78, 5) is 10.5. The molecule has 5 heteroatoms. The zero-order chi connectivity index (χ0) is 14.7. The molecule has 1 aromatic carbocycles. The van der Waals surface area contributed by atoms with Crippen molar-refractivity contribution in [3.8, 4) is 0 Å². The van der Waals surface area contributed by atoms with Crippen molar-refractivity contribution in [3.63, 3.8) is 0 Å². The van der Waals surface area contributed by atoms with E-state index in [1.165, 1.54) is 6.07 Å². The molecule has 0 saturated carbocycles. The average Bonchev–Trinajstić information content (AvgIpc) is 2.45. The van der Waals surface area contributed by atoms with E-state index in [1.807, 2.05) is 31.9 Å². The van der Waals surface area contributed by atoms with Crippen LogP contribution in [0.1, 0.15) is 31.3 Å². The third-order valence-electron chi connectivity index (χ3n) is 3.39. The molecule has 4 nitrogen and oxygen atoms in total. The molecule has 1 unspecified atom stereocenters. The monoisotopic (exact) mass is 274 g/mol. The second kappa shape index (κ2) is 5.86. The SMILES string of the molecule is CCc1nc(N)cc(N(C)C(C)c2ccccc2F)n1. The fraction of sp³-hybridized carbons (Fsp3) is 0.333. The first-order chi connectivity index (χ1) is 9.52. The highest BCUT2D eigenvalue weighted by atomic mass is 19.1. The topological polar surface area (TPSA) is 55.0 Å². The fourth-order valence-electron chi connectivity index (χ4n) is 2.06. The van der Waals surface area contributed by atoms with Crippen molar-refractivity contribution in [1.29, 1.82) is 0 Å². The fourth-order valence-corrected chi connectivity index (χ4v) is 2.06. The molecular formula is C15H19FN4. The van der Waals surface area contributed by atoms with E-state index in [2.05, 4.69) is 9.97 Å². The Morgan fingerprint density at radius 2 is 2.00 bits per heavy atom. The summed E-state index contributed by atoms with van der Waals surface area (Å²) in [7, 11) is 1.87. The van der Waals surface area contributed by atoms with E-state index < -0.39 is 0 Å². The van der Waals surface area contributed by atoms with E-state index in [9.17, 15) is 4.39 Å². The van der Waals surface area contributed by atoms with Crippen LogP contribution in [-0.2, 0) is 6.42 Å². The van der Waals surface area contributed by atoms with Crippen LogP contribution in [0, 0.1) is 5.82 Å². The number of nitrogen functional groups attached to an aromatic ring is 1. The number of hydrogen-bond donors (Lipinski definition) is 1. The highest BCUT2D eigenvalue weighted by Gasteiger charge is 2.17. The van der Waals surface area contributed by atoms with Crippen LogP contribution in [0.4, 0.5) is 16.0 Å². The van der Waals surface area contributed by atoms with Crippen molar-refractivity contribution in [3.05, 3.63) is 47.5 Å². The standard InChI is InChI=1S/C15H19FN4/c1-4-14-18-13(17)9-15(19-14)20(3)10(2)11-7-5-6-8-12(11)16/h5-10H,4H2,1-3H3,(H2,17,18,19). The summed E-state index contributed by atoms with van der Waals surface area (Å²) in [6.07, 6.45) is 0.708. The summed E-state index contributed by atoms with van der Waals surface area (Å²) in [5, 5.41) is 0. The first kappa shape index (κ1) is 14.2. The number of halogens is 1. The molecule has 2 aromatic rings. The zero-order valence-corrected chi connectivity index (χ0v) is 12.0. The lowest BCUT2D eigenvalue weighted by Gasteiger charge is -2.27. The highest BCUT2D eigenvalue weighted by Crippen LogP contribution is 2.26. The van der Waals surface area contributed by atoms with Crippen LogP contribution in [0.25, 0.3) is 0 Å². The molecule has 0 saturated heterocycles. The molecule has 2 rings (SSSR count). The average molecular weight is 274 g/mol. The number of hydrogen-bond acceptors (Lipinski definition) is 4. The second-order valence-corrected chi connectivity index (χ2v) is 4.73. The maximum atomic E-state index is 13.9. The summed E-state index contributed by atoms with van der Waals surface area (Å²) in [5.41, 5.74) is 6.42. The zero-order valence-electron chi connectivity index (χ0n) is 12.0. The van der Waals surface area contributed by atoms with E-state index in [1.54, 1.807) is 18.2 Å². The largest absolute Gasteiger partial charge is 0.384 e. The van der Waals surface area contributed by atoms with Crippen LogP contribution in [0.2, 0.25) is 0 Å². The summed E-state index contributed by atoms with van der Waals surface area (Å²) in [5.74, 6) is 1.60. The Hall–Kier alpha value is -2.17.